The fourth-order valence-corrected chi connectivity index (χ4v) is 4.24. The van der Waals surface area contributed by atoms with E-state index in [1.807, 2.05) is 6.20 Å². The first-order chi connectivity index (χ1) is 9.31. The third kappa shape index (κ3) is 2.41. The summed E-state index contributed by atoms with van der Waals surface area (Å²) in [5, 5.41) is 0. The molecule has 0 spiro atoms. The Bertz CT molecular complexity index is 432. The zero-order valence-corrected chi connectivity index (χ0v) is 11.8. The fourth-order valence-electron chi connectivity index (χ4n) is 4.24. The van der Waals surface area contributed by atoms with Crippen LogP contribution < -0.4 is 11.3 Å². The molecule has 19 heavy (non-hydrogen) atoms. The highest BCUT2D eigenvalue weighted by molar-refractivity contribution is 5.27. The molecule has 3 rings (SSSR count). The summed E-state index contributed by atoms with van der Waals surface area (Å²) >= 11 is 0. The van der Waals surface area contributed by atoms with Gasteiger partial charge in [-0.05, 0) is 49.1 Å². The molecule has 0 saturated heterocycles. The number of hydrazine groups is 1. The molecule has 0 aliphatic heterocycles. The first kappa shape index (κ1) is 13.1. The molecule has 1 heterocycles. The first-order valence-electron chi connectivity index (χ1n) is 7.71. The largest absolute Gasteiger partial charge is 0.271 e. The Morgan fingerprint density at radius 1 is 1.32 bits per heavy atom. The summed E-state index contributed by atoms with van der Waals surface area (Å²) in [5.74, 6) is 7.92. The molecule has 0 amide bonds. The molecule has 0 radical (unpaired) electrons. The van der Waals surface area contributed by atoms with Crippen LogP contribution in [0.1, 0.15) is 56.2 Å². The predicted molar refractivity (Wildman–Crippen MR) is 77.5 cm³/mol. The molecule has 3 heteroatoms. The van der Waals surface area contributed by atoms with Crippen LogP contribution in [-0.4, -0.2) is 11.0 Å². The molecule has 1 saturated carbocycles. The minimum absolute atomic E-state index is 0.395. The third-order valence-corrected chi connectivity index (χ3v) is 5.25. The highest BCUT2D eigenvalue weighted by Gasteiger charge is 2.37. The van der Waals surface area contributed by atoms with Crippen LogP contribution in [0, 0.1) is 11.8 Å². The minimum Gasteiger partial charge on any atom is -0.271 e. The molecule has 4 atom stereocenters. The Balaban J connectivity index is 1.88. The topological polar surface area (TPSA) is 50.9 Å². The number of rotatable bonds is 3. The number of nitrogens with one attached hydrogen (secondary N) is 1. The maximum absolute atomic E-state index is 5.93. The molecule has 2 aliphatic carbocycles. The standard InChI is InChI=1S/C16H25N3/c1-11-5-2-8-13(11)16(19-17)14-9-3-6-12-7-4-10-18-15(12)14/h4,7,10-11,13-14,16,19H,2-3,5-6,8-9,17H2,1H3. The highest BCUT2D eigenvalue weighted by Crippen LogP contribution is 2.41. The van der Waals surface area contributed by atoms with Crippen LogP contribution >= 0.6 is 0 Å². The van der Waals surface area contributed by atoms with Gasteiger partial charge in [-0.1, -0.05) is 25.8 Å². The number of hydrogen-bond acceptors (Lipinski definition) is 3. The Morgan fingerprint density at radius 2 is 2.21 bits per heavy atom. The Morgan fingerprint density at radius 3 is 2.95 bits per heavy atom. The summed E-state index contributed by atoms with van der Waals surface area (Å²) in [5.41, 5.74) is 5.88. The quantitative estimate of drug-likeness (QED) is 0.648. The van der Waals surface area contributed by atoms with Gasteiger partial charge in [0.15, 0.2) is 0 Å². The van der Waals surface area contributed by atoms with E-state index in [-0.39, 0.29) is 0 Å². The van der Waals surface area contributed by atoms with E-state index in [0.717, 1.165) is 5.92 Å². The maximum Gasteiger partial charge on any atom is 0.0482 e. The van der Waals surface area contributed by atoms with Gasteiger partial charge in [0.05, 0.1) is 0 Å². The van der Waals surface area contributed by atoms with E-state index in [4.69, 9.17) is 5.84 Å². The number of aromatic nitrogens is 1. The van der Waals surface area contributed by atoms with Gasteiger partial charge in [0, 0.05) is 23.9 Å². The second-order valence-electron chi connectivity index (χ2n) is 6.31. The Labute approximate surface area is 116 Å². The van der Waals surface area contributed by atoms with Crippen molar-refractivity contribution in [3.63, 3.8) is 0 Å². The van der Waals surface area contributed by atoms with Crippen LogP contribution in [0.15, 0.2) is 18.3 Å². The van der Waals surface area contributed by atoms with Gasteiger partial charge in [-0.15, -0.1) is 0 Å². The van der Waals surface area contributed by atoms with Gasteiger partial charge < -0.3 is 0 Å². The van der Waals surface area contributed by atoms with Gasteiger partial charge in [-0.3, -0.25) is 16.3 Å². The van der Waals surface area contributed by atoms with E-state index in [9.17, 15) is 0 Å². The second-order valence-corrected chi connectivity index (χ2v) is 6.31. The zero-order chi connectivity index (χ0) is 13.2. The molecule has 2 aliphatic rings. The number of aryl methyl sites for hydroxylation is 1. The average molecular weight is 259 g/mol. The number of fused-ring (bicyclic) bond motifs is 1. The molecular formula is C16H25N3. The van der Waals surface area contributed by atoms with Crippen molar-refractivity contribution in [1.29, 1.82) is 0 Å². The van der Waals surface area contributed by atoms with Crippen LogP contribution in [-0.2, 0) is 6.42 Å². The van der Waals surface area contributed by atoms with Crippen LogP contribution in [0.25, 0.3) is 0 Å². The molecule has 3 N–H and O–H groups in total. The van der Waals surface area contributed by atoms with E-state index >= 15 is 0 Å². The van der Waals surface area contributed by atoms with Crippen LogP contribution in [0.2, 0.25) is 0 Å². The van der Waals surface area contributed by atoms with Crippen molar-refractivity contribution in [2.24, 2.45) is 17.7 Å². The molecule has 104 valence electrons. The summed E-state index contributed by atoms with van der Waals surface area (Å²) in [6.07, 6.45) is 9.62. The van der Waals surface area contributed by atoms with Gasteiger partial charge in [0.2, 0.25) is 0 Å². The first-order valence-corrected chi connectivity index (χ1v) is 7.71. The average Bonchev–Trinajstić information content (AvgIpc) is 2.86. The summed E-state index contributed by atoms with van der Waals surface area (Å²) in [6, 6.07) is 4.69. The third-order valence-electron chi connectivity index (χ3n) is 5.25. The summed E-state index contributed by atoms with van der Waals surface area (Å²) < 4.78 is 0. The van der Waals surface area contributed by atoms with Crippen molar-refractivity contribution in [2.75, 3.05) is 0 Å². The molecule has 0 aromatic carbocycles. The van der Waals surface area contributed by atoms with Gasteiger partial charge in [-0.2, -0.15) is 0 Å². The van der Waals surface area contributed by atoms with Crippen molar-refractivity contribution >= 4 is 0 Å². The van der Waals surface area contributed by atoms with Crippen molar-refractivity contribution in [1.82, 2.24) is 10.4 Å². The normalized spacial score (nSPS) is 32.0. The van der Waals surface area contributed by atoms with Crippen LogP contribution in [0.4, 0.5) is 0 Å². The van der Waals surface area contributed by atoms with Crippen LogP contribution in [0.5, 0.6) is 0 Å². The molecule has 4 unspecified atom stereocenters. The van der Waals surface area contributed by atoms with Crippen molar-refractivity contribution in [3.8, 4) is 0 Å². The molecule has 3 nitrogen and oxygen atoms in total. The number of nitrogens with zero attached hydrogens (tertiary/aromatic N) is 1. The summed E-state index contributed by atoms with van der Waals surface area (Å²) in [6.45, 7) is 2.38. The lowest BCUT2D eigenvalue weighted by molar-refractivity contribution is 0.246. The fraction of sp³-hybridized carbons (Fsp3) is 0.688. The van der Waals surface area contributed by atoms with Crippen molar-refractivity contribution in [3.05, 3.63) is 29.6 Å². The maximum atomic E-state index is 5.93. The highest BCUT2D eigenvalue weighted by atomic mass is 15.2. The Kier molecular flexibility index (Phi) is 3.85. The second kappa shape index (κ2) is 5.59. The minimum atomic E-state index is 0.395. The van der Waals surface area contributed by atoms with E-state index in [1.165, 1.54) is 49.8 Å². The molecule has 1 aromatic heterocycles. The van der Waals surface area contributed by atoms with Gasteiger partial charge in [-0.25, -0.2) is 0 Å². The predicted octanol–water partition coefficient (Wildman–Crippen LogP) is 2.77. The van der Waals surface area contributed by atoms with E-state index in [0.29, 0.717) is 17.9 Å². The smallest absolute Gasteiger partial charge is 0.0482 e. The molecular weight excluding hydrogens is 234 g/mol. The number of pyridine rings is 1. The van der Waals surface area contributed by atoms with Crippen LogP contribution in [0.3, 0.4) is 0 Å². The van der Waals surface area contributed by atoms with Crippen molar-refractivity contribution < 1.29 is 0 Å². The lowest BCUT2D eigenvalue weighted by Gasteiger charge is -2.36. The lowest BCUT2D eigenvalue weighted by atomic mass is 9.75. The lowest BCUT2D eigenvalue weighted by Crippen LogP contribution is -2.47. The summed E-state index contributed by atoms with van der Waals surface area (Å²) in [7, 11) is 0. The van der Waals surface area contributed by atoms with Gasteiger partial charge >= 0.3 is 0 Å². The SMILES string of the molecule is CC1CCCC1C(NN)C1CCCc2cccnc21. The van der Waals surface area contributed by atoms with Gasteiger partial charge in [0.25, 0.3) is 0 Å². The van der Waals surface area contributed by atoms with Crippen molar-refractivity contribution in [2.45, 2.75) is 57.4 Å². The Hall–Kier alpha value is -0.930. The summed E-state index contributed by atoms with van der Waals surface area (Å²) in [4.78, 5) is 4.67. The zero-order valence-electron chi connectivity index (χ0n) is 11.8. The van der Waals surface area contributed by atoms with Gasteiger partial charge in [0.1, 0.15) is 0 Å². The monoisotopic (exact) mass is 259 g/mol. The van der Waals surface area contributed by atoms with E-state index in [1.54, 1.807) is 0 Å². The molecule has 1 fully saturated rings. The van der Waals surface area contributed by atoms with E-state index < -0.39 is 0 Å². The molecule has 0 bridgehead atoms. The molecule has 1 aromatic rings. The van der Waals surface area contributed by atoms with E-state index in [2.05, 4.69) is 29.5 Å². The number of hydrogen-bond donors (Lipinski definition) is 2. The number of nitrogens with two attached hydrogens (primary N) is 1.